The lowest BCUT2D eigenvalue weighted by molar-refractivity contribution is -0.156. The normalized spacial score (nSPS) is 23.8. The molecule has 6 heteroatoms. The van der Waals surface area contributed by atoms with Gasteiger partial charge in [-0.3, -0.25) is 4.79 Å². The molecule has 0 spiro atoms. The number of aliphatic carboxylic acids is 1. The van der Waals surface area contributed by atoms with Crippen LogP contribution in [-0.2, 0) is 14.3 Å². The van der Waals surface area contributed by atoms with E-state index in [2.05, 4.69) is 4.74 Å². The van der Waals surface area contributed by atoms with Gasteiger partial charge >= 0.3 is 11.9 Å². The number of amides is 1. The summed E-state index contributed by atoms with van der Waals surface area (Å²) < 4.78 is 4.62. The number of ether oxygens (including phenoxy) is 1. The molecular weight excluding hydrogens is 274 g/mol. The van der Waals surface area contributed by atoms with E-state index in [-0.39, 0.29) is 5.92 Å². The van der Waals surface area contributed by atoms with Crippen molar-refractivity contribution >= 4 is 17.8 Å². The van der Waals surface area contributed by atoms with Crippen LogP contribution in [0.5, 0.6) is 0 Å². The molecule has 1 aliphatic heterocycles. The summed E-state index contributed by atoms with van der Waals surface area (Å²) in [7, 11) is 1.12. The van der Waals surface area contributed by atoms with Gasteiger partial charge in [0.1, 0.15) is 0 Å². The number of benzene rings is 1. The van der Waals surface area contributed by atoms with E-state index in [0.717, 1.165) is 12.0 Å². The molecule has 1 heterocycles. The second kappa shape index (κ2) is 5.20. The van der Waals surface area contributed by atoms with E-state index in [9.17, 15) is 19.5 Å². The summed E-state index contributed by atoms with van der Waals surface area (Å²) in [5.74, 6) is -2.95. The zero-order valence-electron chi connectivity index (χ0n) is 12.1. The maximum Gasteiger partial charge on any atom is 0.345 e. The van der Waals surface area contributed by atoms with Crippen molar-refractivity contribution in [3.8, 4) is 0 Å². The number of hydrogen-bond acceptors (Lipinski definition) is 4. The fraction of sp³-hybridized carbons (Fsp3) is 0.400. The standard InChI is InChI=1S/C15H17NO5/c1-9(2)11-15(13(18)19,14(20)21-3)16(11)12(17)10-7-5-4-6-8-10/h4-9,11H,1-3H3,(H,18,19)/t11-,15+,16?/m0/s1. The molecule has 21 heavy (non-hydrogen) atoms. The third kappa shape index (κ3) is 2.07. The molecule has 0 aliphatic carbocycles. The predicted molar refractivity (Wildman–Crippen MR) is 73.6 cm³/mol. The van der Waals surface area contributed by atoms with Crippen LogP contribution >= 0.6 is 0 Å². The van der Waals surface area contributed by atoms with Crippen molar-refractivity contribution in [2.75, 3.05) is 7.11 Å². The van der Waals surface area contributed by atoms with E-state index in [1.807, 2.05) is 0 Å². The van der Waals surface area contributed by atoms with Gasteiger partial charge < -0.3 is 14.7 Å². The summed E-state index contributed by atoms with van der Waals surface area (Å²) in [6, 6.07) is 7.58. The fourth-order valence-electron chi connectivity index (χ4n) is 2.79. The number of methoxy groups -OCH3 is 1. The maximum atomic E-state index is 12.5. The van der Waals surface area contributed by atoms with Crippen LogP contribution in [0.3, 0.4) is 0 Å². The van der Waals surface area contributed by atoms with E-state index in [4.69, 9.17) is 0 Å². The van der Waals surface area contributed by atoms with Crippen molar-refractivity contribution < 1.29 is 24.2 Å². The Hall–Kier alpha value is -2.37. The summed E-state index contributed by atoms with van der Waals surface area (Å²) >= 11 is 0. The summed E-state index contributed by atoms with van der Waals surface area (Å²) in [5, 5.41) is 9.50. The van der Waals surface area contributed by atoms with Gasteiger partial charge in [-0.15, -0.1) is 0 Å². The Balaban J connectivity index is 2.44. The first-order valence-corrected chi connectivity index (χ1v) is 6.59. The SMILES string of the molecule is COC(=O)[C@]1(C(=O)O)[C@H](C(C)C)N1C(=O)c1ccccc1. The maximum absolute atomic E-state index is 12.5. The first-order valence-electron chi connectivity index (χ1n) is 6.59. The number of hydrogen-bond donors (Lipinski definition) is 1. The summed E-state index contributed by atoms with van der Waals surface area (Å²) in [6.45, 7) is 3.53. The minimum absolute atomic E-state index is 0.187. The molecule has 1 aliphatic rings. The molecule has 1 aromatic rings. The van der Waals surface area contributed by atoms with Crippen LogP contribution in [0.4, 0.5) is 0 Å². The average molecular weight is 291 g/mol. The van der Waals surface area contributed by atoms with Crippen molar-refractivity contribution in [2.24, 2.45) is 5.92 Å². The van der Waals surface area contributed by atoms with Gasteiger partial charge in [0, 0.05) is 5.56 Å². The zero-order valence-corrected chi connectivity index (χ0v) is 12.1. The lowest BCUT2D eigenvalue weighted by Crippen LogP contribution is -2.42. The zero-order chi connectivity index (χ0) is 15.8. The molecule has 1 aromatic carbocycles. The van der Waals surface area contributed by atoms with E-state index in [0.29, 0.717) is 5.56 Å². The summed E-state index contributed by atoms with van der Waals surface area (Å²) in [6.07, 6.45) is 0. The number of carboxylic acid groups (broad SMARTS) is 1. The molecule has 1 amide bonds. The van der Waals surface area contributed by atoms with Crippen LogP contribution in [0.15, 0.2) is 30.3 Å². The number of nitrogens with zero attached hydrogens (tertiary/aromatic N) is 1. The highest BCUT2D eigenvalue weighted by Gasteiger charge is 2.77. The fourth-order valence-corrected chi connectivity index (χ4v) is 2.79. The summed E-state index contributed by atoms with van der Waals surface area (Å²) in [5.41, 5.74) is -1.58. The first kappa shape index (κ1) is 15.0. The number of esters is 1. The highest BCUT2D eigenvalue weighted by atomic mass is 16.5. The van der Waals surface area contributed by atoms with Crippen LogP contribution in [0, 0.1) is 5.92 Å². The number of carbonyl (C=O) groups is 3. The monoisotopic (exact) mass is 291 g/mol. The van der Waals surface area contributed by atoms with Crippen molar-refractivity contribution in [3.05, 3.63) is 35.9 Å². The van der Waals surface area contributed by atoms with Crippen molar-refractivity contribution in [1.29, 1.82) is 0 Å². The Morgan fingerprint density at radius 3 is 2.24 bits per heavy atom. The molecule has 2 atom stereocenters. The Morgan fingerprint density at radius 2 is 1.81 bits per heavy atom. The number of carboxylic acids is 1. The van der Waals surface area contributed by atoms with E-state index < -0.39 is 29.4 Å². The van der Waals surface area contributed by atoms with Crippen LogP contribution < -0.4 is 0 Å². The van der Waals surface area contributed by atoms with Gasteiger partial charge in [-0.05, 0) is 18.1 Å². The molecule has 2 rings (SSSR count). The molecule has 6 nitrogen and oxygen atoms in total. The topological polar surface area (TPSA) is 83.7 Å². The average Bonchev–Trinajstić information content (AvgIpc) is 3.18. The van der Waals surface area contributed by atoms with E-state index >= 15 is 0 Å². The summed E-state index contributed by atoms with van der Waals surface area (Å²) in [4.78, 5) is 37.3. The smallest absolute Gasteiger partial charge is 0.345 e. The van der Waals surface area contributed by atoms with Gasteiger partial charge in [-0.2, -0.15) is 0 Å². The molecule has 0 bridgehead atoms. The largest absolute Gasteiger partial charge is 0.479 e. The molecule has 1 N–H and O–H groups in total. The third-order valence-electron chi connectivity index (χ3n) is 3.71. The predicted octanol–water partition coefficient (Wildman–Crippen LogP) is 1.16. The van der Waals surface area contributed by atoms with Crippen LogP contribution in [-0.4, -0.2) is 46.5 Å². The Morgan fingerprint density at radius 1 is 1.24 bits per heavy atom. The molecule has 0 radical (unpaired) electrons. The molecule has 0 unspecified atom stereocenters. The van der Waals surface area contributed by atoms with Gasteiger partial charge in [0.25, 0.3) is 11.4 Å². The Kier molecular flexibility index (Phi) is 3.72. The number of rotatable bonds is 4. The van der Waals surface area contributed by atoms with Gasteiger partial charge in [-0.1, -0.05) is 32.0 Å². The highest BCUT2D eigenvalue weighted by Crippen LogP contribution is 2.47. The molecule has 0 saturated carbocycles. The second-order valence-electron chi connectivity index (χ2n) is 5.29. The molecular formula is C15H17NO5. The molecule has 1 saturated heterocycles. The first-order chi connectivity index (χ1) is 9.88. The molecule has 112 valence electrons. The minimum atomic E-state index is -1.92. The molecule has 1 fully saturated rings. The minimum Gasteiger partial charge on any atom is -0.479 e. The van der Waals surface area contributed by atoms with Crippen LogP contribution in [0.25, 0.3) is 0 Å². The van der Waals surface area contributed by atoms with Crippen LogP contribution in [0.2, 0.25) is 0 Å². The quantitative estimate of drug-likeness (QED) is 0.511. The van der Waals surface area contributed by atoms with Gasteiger partial charge in [-0.25, -0.2) is 9.59 Å². The number of carbonyl (C=O) groups excluding carboxylic acids is 2. The van der Waals surface area contributed by atoms with E-state index in [1.165, 1.54) is 0 Å². The molecule has 0 aromatic heterocycles. The van der Waals surface area contributed by atoms with Crippen molar-refractivity contribution in [1.82, 2.24) is 4.90 Å². The van der Waals surface area contributed by atoms with Gasteiger partial charge in [0.05, 0.1) is 13.2 Å². The Labute approximate surface area is 122 Å². The second-order valence-corrected chi connectivity index (χ2v) is 5.29. The van der Waals surface area contributed by atoms with E-state index in [1.54, 1.807) is 44.2 Å². The lowest BCUT2D eigenvalue weighted by Gasteiger charge is -2.10. The van der Waals surface area contributed by atoms with Crippen molar-refractivity contribution in [2.45, 2.75) is 25.4 Å². The lowest BCUT2D eigenvalue weighted by atomic mass is 9.97. The van der Waals surface area contributed by atoms with Gasteiger partial charge in [0.15, 0.2) is 0 Å². The third-order valence-corrected chi connectivity index (χ3v) is 3.71. The highest BCUT2D eigenvalue weighted by molar-refractivity contribution is 6.15. The Bertz CT molecular complexity index is 583. The van der Waals surface area contributed by atoms with Crippen molar-refractivity contribution in [3.63, 3.8) is 0 Å². The van der Waals surface area contributed by atoms with Gasteiger partial charge in [0.2, 0.25) is 0 Å². The van der Waals surface area contributed by atoms with Crippen LogP contribution in [0.1, 0.15) is 24.2 Å².